The third kappa shape index (κ3) is 3.71. The Morgan fingerprint density at radius 1 is 1.00 bits per heavy atom. The van der Waals surface area contributed by atoms with E-state index in [-0.39, 0.29) is 6.10 Å². The molecule has 0 radical (unpaired) electrons. The van der Waals surface area contributed by atoms with Gasteiger partial charge in [-0.3, -0.25) is 4.57 Å². The quantitative estimate of drug-likeness (QED) is 0.433. The molecular weight excluding hydrogens is 402 g/mol. The Morgan fingerprint density at radius 2 is 1.78 bits per heavy atom. The number of hydrogen-bond donors (Lipinski definition) is 1. The lowest BCUT2D eigenvalue weighted by Crippen LogP contribution is -2.11. The summed E-state index contributed by atoms with van der Waals surface area (Å²) in [5, 5.41) is 14.5. The van der Waals surface area contributed by atoms with Crippen LogP contribution in [0.25, 0.3) is 33.7 Å². The maximum Gasteiger partial charge on any atom is 0.299 e. The second-order valence-corrected chi connectivity index (χ2v) is 7.93. The largest absolute Gasteiger partial charge is 0.462 e. The molecule has 0 spiro atoms. The van der Waals surface area contributed by atoms with Crippen LogP contribution in [-0.2, 0) is 6.54 Å². The maximum atomic E-state index is 6.00. The molecule has 0 aliphatic carbocycles. The molecule has 5 rings (SSSR count). The molecule has 5 aromatic rings. The van der Waals surface area contributed by atoms with E-state index in [1.807, 2.05) is 55.8 Å². The van der Waals surface area contributed by atoms with Gasteiger partial charge in [0.05, 0.1) is 12.6 Å². The maximum absolute atomic E-state index is 6.00. The molecular formula is C24H23N7O. The van der Waals surface area contributed by atoms with Gasteiger partial charge in [-0.05, 0) is 54.3 Å². The molecule has 0 saturated heterocycles. The molecule has 0 unspecified atom stereocenters. The van der Waals surface area contributed by atoms with E-state index >= 15 is 0 Å². The van der Waals surface area contributed by atoms with Gasteiger partial charge in [0.15, 0.2) is 5.65 Å². The number of hydrogen-bond acceptors (Lipinski definition) is 6. The van der Waals surface area contributed by atoms with Crippen molar-refractivity contribution in [3.63, 3.8) is 0 Å². The van der Waals surface area contributed by atoms with Crippen LogP contribution in [0.4, 0.5) is 0 Å². The number of nitrogens with zero attached hydrogens (tertiary/aromatic N) is 6. The van der Waals surface area contributed by atoms with E-state index < -0.39 is 0 Å². The summed E-state index contributed by atoms with van der Waals surface area (Å²) in [6.45, 7) is 6.65. The molecule has 0 aliphatic heterocycles. The van der Waals surface area contributed by atoms with Crippen LogP contribution in [0.5, 0.6) is 6.01 Å². The van der Waals surface area contributed by atoms with Gasteiger partial charge in [-0.25, -0.2) is 4.98 Å². The summed E-state index contributed by atoms with van der Waals surface area (Å²) >= 11 is 0. The lowest BCUT2D eigenvalue weighted by molar-refractivity contribution is 0.214. The SMILES string of the molecule is Cc1ccnc2c1nc(OC(C)C)n2Cc1ccc(-c2ccccc2-c2nn[nH]n2)cc1. The van der Waals surface area contributed by atoms with Crippen LogP contribution >= 0.6 is 0 Å². The monoisotopic (exact) mass is 425 g/mol. The van der Waals surface area contributed by atoms with E-state index in [2.05, 4.69) is 55.9 Å². The van der Waals surface area contributed by atoms with Gasteiger partial charge in [-0.2, -0.15) is 10.2 Å². The molecule has 8 heteroatoms. The van der Waals surface area contributed by atoms with Crippen molar-refractivity contribution in [1.82, 2.24) is 35.2 Å². The van der Waals surface area contributed by atoms with E-state index in [0.29, 0.717) is 18.4 Å². The van der Waals surface area contributed by atoms with Gasteiger partial charge in [0, 0.05) is 11.8 Å². The summed E-state index contributed by atoms with van der Waals surface area (Å²) in [5.74, 6) is 0.575. The van der Waals surface area contributed by atoms with Gasteiger partial charge in [-0.1, -0.05) is 48.5 Å². The standard InChI is InChI=1S/C24H23N7O/c1-15(2)32-24-26-21-16(3)12-13-25-23(21)31(24)14-17-8-10-18(11-9-17)19-6-4-5-7-20(19)22-27-29-30-28-22/h4-13,15H,14H2,1-3H3,(H,27,28,29,30). The molecule has 0 amide bonds. The number of imidazole rings is 1. The summed E-state index contributed by atoms with van der Waals surface area (Å²) in [6, 6.07) is 19.0. The molecule has 160 valence electrons. The van der Waals surface area contributed by atoms with Gasteiger partial charge in [0.2, 0.25) is 5.82 Å². The highest BCUT2D eigenvalue weighted by atomic mass is 16.5. The van der Waals surface area contributed by atoms with Gasteiger partial charge in [0.1, 0.15) is 5.52 Å². The lowest BCUT2D eigenvalue weighted by Gasteiger charge is -2.13. The molecule has 32 heavy (non-hydrogen) atoms. The molecule has 0 bridgehead atoms. The smallest absolute Gasteiger partial charge is 0.299 e. The van der Waals surface area contributed by atoms with E-state index in [0.717, 1.165) is 39.0 Å². The first-order chi connectivity index (χ1) is 15.6. The summed E-state index contributed by atoms with van der Waals surface area (Å²) in [6.07, 6.45) is 1.84. The number of fused-ring (bicyclic) bond motifs is 1. The second kappa shape index (κ2) is 8.22. The Bertz CT molecular complexity index is 1360. The van der Waals surface area contributed by atoms with Crippen molar-refractivity contribution in [1.29, 1.82) is 0 Å². The van der Waals surface area contributed by atoms with E-state index in [9.17, 15) is 0 Å². The highest BCUT2D eigenvalue weighted by Crippen LogP contribution is 2.30. The number of nitrogens with one attached hydrogen (secondary N) is 1. The zero-order valence-electron chi connectivity index (χ0n) is 18.1. The van der Waals surface area contributed by atoms with Gasteiger partial charge < -0.3 is 4.74 Å². The third-order valence-electron chi connectivity index (χ3n) is 5.26. The normalized spacial score (nSPS) is 11.4. The number of ether oxygens (including phenoxy) is 1. The predicted molar refractivity (Wildman–Crippen MR) is 122 cm³/mol. The molecule has 1 N–H and O–H groups in total. The van der Waals surface area contributed by atoms with E-state index in [1.54, 1.807) is 0 Å². The highest BCUT2D eigenvalue weighted by Gasteiger charge is 2.16. The Balaban J connectivity index is 1.49. The summed E-state index contributed by atoms with van der Waals surface area (Å²) in [7, 11) is 0. The summed E-state index contributed by atoms with van der Waals surface area (Å²) in [5.41, 5.74) is 6.97. The number of aryl methyl sites for hydroxylation is 1. The van der Waals surface area contributed by atoms with Crippen LogP contribution < -0.4 is 4.74 Å². The third-order valence-corrected chi connectivity index (χ3v) is 5.26. The zero-order chi connectivity index (χ0) is 22.1. The van der Waals surface area contributed by atoms with Gasteiger partial charge in [0.25, 0.3) is 6.01 Å². The fraction of sp³-hybridized carbons (Fsp3) is 0.208. The van der Waals surface area contributed by atoms with Gasteiger partial charge in [-0.15, -0.1) is 10.2 Å². The number of pyridine rings is 1. The summed E-state index contributed by atoms with van der Waals surface area (Å²) < 4.78 is 8.03. The van der Waals surface area contributed by atoms with Crippen molar-refractivity contribution in [2.45, 2.75) is 33.4 Å². The molecule has 0 atom stereocenters. The molecule has 0 aliphatic rings. The first-order valence-electron chi connectivity index (χ1n) is 10.5. The van der Waals surface area contributed by atoms with Crippen molar-refractivity contribution in [2.24, 2.45) is 0 Å². The first kappa shape index (κ1) is 19.9. The average Bonchev–Trinajstić information content (AvgIpc) is 3.44. The molecule has 0 saturated carbocycles. The fourth-order valence-electron chi connectivity index (χ4n) is 3.74. The number of tetrazole rings is 1. The number of benzene rings is 2. The summed E-state index contributed by atoms with van der Waals surface area (Å²) in [4.78, 5) is 9.28. The topological polar surface area (TPSA) is 94.4 Å². The minimum absolute atomic E-state index is 0.0230. The minimum atomic E-state index is 0.0230. The number of H-pyrrole nitrogens is 1. The van der Waals surface area contributed by atoms with Crippen LogP contribution in [0.1, 0.15) is 25.0 Å². The van der Waals surface area contributed by atoms with Crippen molar-refractivity contribution in [2.75, 3.05) is 0 Å². The van der Waals surface area contributed by atoms with Crippen LogP contribution in [0.3, 0.4) is 0 Å². The highest BCUT2D eigenvalue weighted by molar-refractivity contribution is 5.80. The zero-order valence-corrected chi connectivity index (χ0v) is 18.1. The lowest BCUT2D eigenvalue weighted by atomic mass is 9.98. The molecule has 0 fully saturated rings. The van der Waals surface area contributed by atoms with Crippen molar-refractivity contribution in [3.05, 3.63) is 71.9 Å². The van der Waals surface area contributed by atoms with E-state index in [1.165, 1.54) is 0 Å². The van der Waals surface area contributed by atoms with Crippen LogP contribution in [0, 0.1) is 6.92 Å². The molecule has 3 heterocycles. The van der Waals surface area contributed by atoms with Crippen molar-refractivity contribution in [3.8, 4) is 28.5 Å². The molecule has 2 aromatic carbocycles. The molecule has 3 aromatic heterocycles. The first-order valence-corrected chi connectivity index (χ1v) is 10.5. The fourth-order valence-corrected chi connectivity index (χ4v) is 3.74. The van der Waals surface area contributed by atoms with Crippen molar-refractivity contribution < 1.29 is 4.74 Å². The predicted octanol–water partition coefficient (Wildman–Crippen LogP) is 4.42. The minimum Gasteiger partial charge on any atom is -0.462 e. The van der Waals surface area contributed by atoms with Crippen molar-refractivity contribution >= 4 is 11.2 Å². The van der Waals surface area contributed by atoms with Gasteiger partial charge >= 0.3 is 0 Å². The van der Waals surface area contributed by atoms with E-state index in [4.69, 9.17) is 9.72 Å². The molecule has 8 nitrogen and oxygen atoms in total. The van der Waals surface area contributed by atoms with Crippen LogP contribution in [-0.4, -0.2) is 41.3 Å². The number of aromatic nitrogens is 7. The van der Waals surface area contributed by atoms with Crippen LogP contribution in [0.2, 0.25) is 0 Å². The second-order valence-electron chi connectivity index (χ2n) is 7.93. The Hall–Kier alpha value is -4.07. The Labute approximate surface area is 185 Å². The van der Waals surface area contributed by atoms with Crippen LogP contribution in [0.15, 0.2) is 60.8 Å². The Morgan fingerprint density at radius 3 is 2.50 bits per heavy atom. The number of rotatable bonds is 6. The average molecular weight is 425 g/mol. The Kier molecular flexibility index (Phi) is 5.10. The number of aromatic amines is 1.